The molecule has 0 bridgehead atoms. The van der Waals surface area contributed by atoms with Gasteiger partial charge >= 0.3 is 12.6 Å². The van der Waals surface area contributed by atoms with Gasteiger partial charge in [0.2, 0.25) is 11.8 Å². The van der Waals surface area contributed by atoms with Gasteiger partial charge in [-0.1, -0.05) is 17.7 Å². The highest BCUT2D eigenvalue weighted by atomic mass is 35.5. The average molecular weight is 639 g/mol. The number of hydrogen-bond donors (Lipinski definition) is 1. The maximum Gasteiger partial charge on any atom is 0.387 e. The van der Waals surface area contributed by atoms with E-state index in [1.807, 2.05) is 0 Å². The van der Waals surface area contributed by atoms with Crippen LogP contribution in [0, 0.1) is 11.7 Å². The van der Waals surface area contributed by atoms with Crippen LogP contribution in [0.2, 0.25) is 5.02 Å². The van der Waals surface area contributed by atoms with E-state index >= 15 is 0 Å². The van der Waals surface area contributed by atoms with Crippen LogP contribution in [0.15, 0.2) is 54.7 Å². The van der Waals surface area contributed by atoms with E-state index in [-0.39, 0.29) is 59.9 Å². The summed E-state index contributed by atoms with van der Waals surface area (Å²) >= 11 is 5.89. The zero-order chi connectivity index (χ0) is 32.2. The minimum Gasteiger partial charge on any atom is -0.456 e. The second-order valence-corrected chi connectivity index (χ2v) is 12.1. The minimum atomic E-state index is -3.21. The van der Waals surface area contributed by atoms with Gasteiger partial charge in [0.05, 0.1) is 27.8 Å². The van der Waals surface area contributed by atoms with Crippen molar-refractivity contribution in [2.75, 3.05) is 5.32 Å². The summed E-state index contributed by atoms with van der Waals surface area (Å²) in [4.78, 5) is 30.3. The van der Waals surface area contributed by atoms with Gasteiger partial charge in [0.25, 0.3) is 0 Å². The van der Waals surface area contributed by atoms with E-state index in [1.54, 1.807) is 32.9 Å². The fraction of sp³-hybridized carbons (Fsp3) is 0.406. The fourth-order valence-corrected chi connectivity index (χ4v) is 5.20. The number of amides is 1. The molecule has 0 saturated heterocycles. The quantitative estimate of drug-likeness (QED) is 0.187. The first-order valence-electron chi connectivity index (χ1n) is 14.0. The number of benzene rings is 2. The fourth-order valence-electron chi connectivity index (χ4n) is 5.04. The molecule has 44 heavy (non-hydrogen) atoms. The molecule has 1 saturated carbocycles. The number of hydrogen-bond acceptors (Lipinski definition) is 5. The molecule has 1 N–H and O–H groups in total. The molecule has 3 aromatic rings. The molecule has 236 valence electrons. The highest BCUT2D eigenvalue weighted by Gasteiger charge is 2.37. The van der Waals surface area contributed by atoms with Gasteiger partial charge in [-0.25, -0.2) is 18.0 Å². The Morgan fingerprint density at radius 1 is 1.05 bits per heavy atom. The lowest BCUT2D eigenvalue weighted by Crippen LogP contribution is -2.29. The monoisotopic (exact) mass is 638 g/mol. The number of aromatic nitrogens is 1. The number of carbonyl (C=O) groups is 2. The predicted octanol–water partition coefficient (Wildman–Crippen LogP) is 9.04. The summed E-state index contributed by atoms with van der Waals surface area (Å²) < 4.78 is 78.3. The van der Waals surface area contributed by atoms with Crippen molar-refractivity contribution in [1.82, 2.24) is 4.98 Å². The number of pyridine rings is 1. The maximum atomic E-state index is 14.9. The van der Waals surface area contributed by atoms with Crippen LogP contribution in [0.5, 0.6) is 5.75 Å². The van der Waals surface area contributed by atoms with Gasteiger partial charge in [-0.05, 0) is 88.4 Å². The Morgan fingerprint density at radius 2 is 1.70 bits per heavy atom. The standard InChI is InChI=1S/C32H32ClF5N2O4/c1-31(2,3)44-29(42)19-4-7-21(8-5-19)40-28(41)22(16-18-12-14-32(37,38)15-13-18)24-10-6-20(17-39-24)26-25(43-30(35)36)11-9-23(33)27(26)34/h4-11,17-18,22,30H,12-16H2,1-3H3,(H,40,41). The van der Waals surface area contributed by atoms with Gasteiger partial charge in [0.1, 0.15) is 11.4 Å². The summed E-state index contributed by atoms with van der Waals surface area (Å²) in [6, 6.07) is 11.2. The maximum absolute atomic E-state index is 14.9. The molecule has 1 heterocycles. The van der Waals surface area contributed by atoms with Gasteiger partial charge in [-0.3, -0.25) is 9.78 Å². The van der Waals surface area contributed by atoms with E-state index in [1.165, 1.54) is 30.5 Å². The molecule has 1 amide bonds. The Bertz CT molecular complexity index is 1470. The highest BCUT2D eigenvalue weighted by Crippen LogP contribution is 2.41. The summed E-state index contributed by atoms with van der Waals surface area (Å²) in [6.07, 6.45) is 1.31. The SMILES string of the molecule is CC(C)(C)OC(=O)c1ccc(NC(=O)C(CC2CCC(F)(F)CC2)c2ccc(-c3c(OC(F)F)ccc(Cl)c3F)cn2)cc1. The van der Waals surface area contributed by atoms with Gasteiger partial charge in [-0.15, -0.1) is 0 Å². The topological polar surface area (TPSA) is 77.5 Å². The molecular weight excluding hydrogens is 607 g/mol. The second-order valence-electron chi connectivity index (χ2n) is 11.7. The summed E-state index contributed by atoms with van der Waals surface area (Å²) in [5.74, 6) is -6.23. The number of rotatable bonds is 9. The van der Waals surface area contributed by atoms with E-state index in [9.17, 15) is 31.5 Å². The first-order chi connectivity index (χ1) is 20.6. The molecule has 0 aliphatic heterocycles. The number of nitrogens with one attached hydrogen (secondary N) is 1. The number of halogens is 6. The first kappa shape index (κ1) is 33.2. The number of nitrogens with zero attached hydrogens (tertiary/aromatic N) is 1. The van der Waals surface area contributed by atoms with Crippen LogP contribution in [0.25, 0.3) is 11.1 Å². The molecule has 2 aromatic carbocycles. The largest absolute Gasteiger partial charge is 0.456 e. The number of esters is 1. The summed E-state index contributed by atoms with van der Waals surface area (Å²) in [5.41, 5.74) is 0.0229. The van der Waals surface area contributed by atoms with Gasteiger partial charge in [0.15, 0.2) is 5.82 Å². The predicted molar refractivity (Wildman–Crippen MR) is 156 cm³/mol. The number of ether oxygens (including phenoxy) is 2. The van der Waals surface area contributed by atoms with Gasteiger partial charge < -0.3 is 14.8 Å². The summed E-state index contributed by atoms with van der Waals surface area (Å²) in [7, 11) is 0. The molecule has 1 unspecified atom stereocenters. The van der Waals surface area contributed by atoms with Crippen LogP contribution in [0.4, 0.5) is 27.6 Å². The van der Waals surface area contributed by atoms with Crippen molar-refractivity contribution in [3.63, 3.8) is 0 Å². The van der Waals surface area contributed by atoms with Crippen molar-refractivity contribution >= 4 is 29.2 Å². The van der Waals surface area contributed by atoms with Gasteiger partial charge in [-0.2, -0.15) is 8.78 Å². The average Bonchev–Trinajstić information content (AvgIpc) is 2.94. The van der Waals surface area contributed by atoms with Gasteiger partial charge in [0, 0.05) is 30.3 Å². The van der Waals surface area contributed by atoms with E-state index < -0.39 is 47.5 Å². The lowest BCUT2D eigenvalue weighted by atomic mass is 9.80. The molecule has 1 fully saturated rings. The molecule has 4 rings (SSSR count). The summed E-state index contributed by atoms with van der Waals surface area (Å²) in [6.45, 7) is 2.02. The van der Waals surface area contributed by atoms with Crippen molar-refractivity contribution < 1.29 is 41.0 Å². The third-order valence-electron chi connectivity index (χ3n) is 7.21. The minimum absolute atomic E-state index is 0.0820. The third kappa shape index (κ3) is 8.68. The molecule has 6 nitrogen and oxygen atoms in total. The lowest BCUT2D eigenvalue weighted by Gasteiger charge is -2.30. The summed E-state index contributed by atoms with van der Waals surface area (Å²) in [5, 5.41) is 2.48. The van der Waals surface area contributed by atoms with Crippen LogP contribution in [-0.2, 0) is 9.53 Å². The first-order valence-corrected chi connectivity index (χ1v) is 14.4. The molecule has 0 radical (unpaired) electrons. The Hall–Kier alpha value is -3.73. The Labute approximate surface area is 256 Å². The van der Waals surface area contributed by atoms with Crippen molar-refractivity contribution in [3.8, 4) is 16.9 Å². The molecule has 1 aromatic heterocycles. The van der Waals surface area contributed by atoms with Crippen molar-refractivity contribution in [2.45, 2.75) is 76.9 Å². The van der Waals surface area contributed by atoms with Crippen LogP contribution in [0.1, 0.15) is 74.8 Å². The molecule has 1 atom stereocenters. The highest BCUT2D eigenvalue weighted by molar-refractivity contribution is 6.31. The Kier molecular flexibility index (Phi) is 10.2. The van der Waals surface area contributed by atoms with E-state index in [0.717, 1.165) is 12.1 Å². The Morgan fingerprint density at radius 3 is 2.27 bits per heavy atom. The van der Waals surface area contributed by atoms with Crippen LogP contribution < -0.4 is 10.1 Å². The smallest absolute Gasteiger partial charge is 0.387 e. The van der Waals surface area contributed by atoms with Crippen molar-refractivity contribution in [3.05, 3.63) is 76.8 Å². The van der Waals surface area contributed by atoms with Crippen molar-refractivity contribution in [1.29, 1.82) is 0 Å². The lowest BCUT2D eigenvalue weighted by molar-refractivity contribution is -0.118. The van der Waals surface area contributed by atoms with Crippen LogP contribution >= 0.6 is 11.6 Å². The number of anilines is 1. The van der Waals surface area contributed by atoms with E-state index in [4.69, 9.17) is 16.3 Å². The second kappa shape index (κ2) is 13.5. The zero-order valence-corrected chi connectivity index (χ0v) is 25.1. The Balaban J connectivity index is 1.59. The van der Waals surface area contributed by atoms with E-state index in [0.29, 0.717) is 11.3 Å². The number of alkyl halides is 4. The molecule has 1 aliphatic carbocycles. The molecule has 1 aliphatic rings. The van der Waals surface area contributed by atoms with Crippen molar-refractivity contribution in [2.24, 2.45) is 5.92 Å². The normalized spacial score (nSPS) is 16.0. The zero-order valence-electron chi connectivity index (χ0n) is 24.3. The molecule has 0 spiro atoms. The molecular formula is C32H32ClF5N2O4. The number of carbonyl (C=O) groups excluding carboxylic acids is 2. The van der Waals surface area contributed by atoms with E-state index in [2.05, 4.69) is 15.0 Å². The molecule has 12 heteroatoms. The van der Waals surface area contributed by atoms with Crippen LogP contribution in [-0.4, -0.2) is 35.0 Å². The van der Waals surface area contributed by atoms with Crippen LogP contribution in [0.3, 0.4) is 0 Å². The third-order valence-corrected chi connectivity index (χ3v) is 7.51.